The average Bonchev–Trinajstić information content (AvgIpc) is 2.90. The first-order valence-electron chi connectivity index (χ1n) is 4.34. The van der Waals surface area contributed by atoms with Crippen LogP contribution in [0.3, 0.4) is 0 Å². The van der Waals surface area contributed by atoms with Crippen LogP contribution in [0.25, 0.3) is 0 Å². The van der Waals surface area contributed by atoms with E-state index in [0.29, 0.717) is 16.6 Å². The van der Waals surface area contributed by atoms with Gasteiger partial charge in [-0.2, -0.15) is 0 Å². The Balaban J connectivity index is 2.46. The van der Waals surface area contributed by atoms with E-state index in [4.69, 9.17) is 28.9 Å². The van der Waals surface area contributed by atoms with Crippen molar-refractivity contribution in [1.82, 2.24) is 0 Å². The number of hydrogen-bond acceptors (Lipinski definition) is 1. The Bertz CT molecular complexity index is 332. The minimum absolute atomic E-state index is 0.127. The third-order valence-corrected chi connectivity index (χ3v) is 3.59. The highest BCUT2D eigenvalue weighted by molar-refractivity contribution is 6.42. The van der Waals surface area contributed by atoms with E-state index in [1.54, 1.807) is 6.07 Å². The molecule has 70 valence electrons. The summed E-state index contributed by atoms with van der Waals surface area (Å²) < 4.78 is 0. The first-order valence-corrected chi connectivity index (χ1v) is 5.10. The van der Waals surface area contributed by atoms with Crippen molar-refractivity contribution in [3.8, 4) is 0 Å². The molecule has 1 aromatic carbocycles. The topological polar surface area (TPSA) is 26.0 Å². The maximum Gasteiger partial charge on any atom is 0.0630 e. The van der Waals surface area contributed by atoms with Crippen molar-refractivity contribution in [3.63, 3.8) is 0 Å². The summed E-state index contributed by atoms with van der Waals surface area (Å²) in [5.74, 6) is 0. The van der Waals surface area contributed by atoms with E-state index in [0.717, 1.165) is 18.4 Å². The lowest BCUT2D eigenvalue weighted by atomic mass is 9.96. The molecule has 2 rings (SSSR count). The van der Waals surface area contributed by atoms with E-state index in [-0.39, 0.29) is 5.41 Å². The fourth-order valence-electron chi connectivity index (χ4n) is 1.65. The van der Waals surface area contributed by atoms with E-state index in [2.05, 4.69) is 0 Å². The highest BCUT2D eigenvalue weighted by Gasteiger charge is 2.44. The molecule has 2 N–H and O–H groups in total. The molecule has 0 spiro atoms. The largest absolute Gasteiger partial charge is 0.330 e. The minimum Gasteiger partial charge on any atom is -0.330 e. The lowest BCUT2D eigenvalue weighted by molar-refractivity contribution is 0.705. The lowest BCUT2D eigenvalue weighted by Crippen LogP contribution is -2.20. The SMILES string of the molecule is NCC1(c2cccc(Cl)c2Cl)CC1. The number of nitrogens with two attached hydrogens (primary N) is 1. The molecule has 0 aliphatic heterocycles. The van der Waals surface area contributed by atoms with Crippen LogP contribution in [-0.2, 0) is 5.41 Å². The Morgan fingerprint density at radius 3 is 2.54 bits per heavy atom. The van der Waals surface area contributed by atoms with Crippen molar-refractivity contribution in [2.75, 3.05) is 6.54 Å². The van der Waals surface area contributed by atoms with Crippen molar-refractivity contribution in [3.05, 3.63) is 33.8 Å². The molecular formula is C10H11Cl2N. The second kappa shape index (κ2) is 3.16. The fourth-order valence-corrected chi connectivity index (χ4v) is 2.15. The zero-order valence-electron chi connectivity index (χ0n) is 7.19. The van der Waals surface area contributed by atoms with Crippen LogP contribution in [0.1, 0.15) is 18.4 Å². The van der Waals surface area contributed by atoms with Crippen molar-refractivity contribution in [2.45, 2.75) is 18.3 Å². The lowest BCUT2D eigenvalue weighted by Gasteiger charge is -2.14. The molecule has 0 radical (unpaired) electrons. The zero-order chi connectivity index (χ0) is 9.47. The van der Waals surface area contributed by atoms with Gasteiger partial charge in [-0.15, -0.1) is 0 Å². The monoisotopic (exact) mass is 215 g/mol. The van der Waals surface area contributed by atoms with Crippen molar-refractivity contribution in [1.29, 1.82) is 0 Å². The molecule has 1 aliphatic carbocycles. The van der Waals surface area contributed by atoms with Gasteiger partial charge in [0.1, 0.15) is 0 Å². The van der Waals surface area contributed by atoms with Crippen LogP contribution < -0.4 is 5.73 Å². The molecule has 0 amide bonds. The predicted octanol–water partition coefficient (Wildman–Crippen LogP) is 2.98. The molecule has 0 heterocycles. The van der Waals surface area contributed by atoms with Gasteiger partial charge in [0.2, 0.25) is 0 Å². The second-order valence-corrected chi connectivity index (χ2v) is 4.37. The van der Waals surface area contributed by atoms with E-state index in [1.807, 2.05) is 12.1 Å². The van der Waals surface area contributed by atoms with Crippen LogP contribution in [0.5, 0.6) is 0 Å². The van der Waals surface area contributed by atoms with Crippen LogP contribution in [0.4, 0.5) is 0 Å². The van der Waals surface area contributed by atoms with Gasteiger partial charge in [0.15, 0.2) is 0 Å². The van der Waals surface area contributed by atoms with Crippen LogP contribution in [0.2, 0.25) is 10.0 Å². The van der Waals surface area contributed by atoms with Gasteiger partial charge in [-0.25, -0.2) is 0 Å². The molecule has 0 bridgehead atoms. The Morgan fingerprint density at radius 2 is 2.00 bits per heavy atom. The number of rotatable bonds is 2. The summed E-state index contributed by atoms with van der Waals surface area (Å²) in [6.45, 7) is 0.660. The maximum atomic E-state index is 6.11. The number of hydrogen-bond donors (Lipinski definition) is 1. The van der Waals surface area contributed by atoms with Gasteiger partial charge in [-0.05, 0) is 24.5 Å². The molecule has 1 aliphatic rings. The summed E-state index contributed by atoms with van der Waals surface area (Å²) in [5.41, 5.74) is 6.96. The normalized spacial score (nSPS) is 18.7. The highest BCUT2D eigenvalue weighted by Crippen LogP contribution is 2.50. The van der Waals surface area contributed by atoms with Gasteiger partial charge in [-0.1, -0.05) is 35.3 Å². The van der Waals surface area contributed by atoms with Gasteiger partial charge in [-0.3, -0.25) is 0 Å². The molecule has 0 unspecified atom stereocenters. The van der Waals surface area contributed by atoms with Crippen molar-refractivity contribution >= 4 is 23.2 Å². The quantitative estimate of drug-likeness (QED) is 0.807. The molecule has 1 saturated carbocycles. The number of halogens is 2. The molecule has 3 heteroatoms. The molecule has 13 heavy (non-hydrogen) atoms. The second-order valence-electron chi connectivity index (χ2n) is 3.59. The highest BCUT2D eigenvalue weighted by atomic mass is 35.5. The van der Waals surface area contributed by atoms with Gasteiger partial charge in [0.25, 0.3) is 0 Å². The van der Waals surface area contributed by atoms with E-state index < -0.39 is 0 Å². The minimum atomic E-state index is 0.127. The van der Waals surface area contributed by atoms with Gasteiger partial charge in [0, 0.05) is 12.0 Å². The van der Waals surface area contributed by atoms with E-state index in [9.17, 15) is 0 Å². The Hall–Kier alpha value is -0.240. The summed E-state index contributed by atoms with van der Waals surface area (Å²) >= 11 is 12.0. The predicted molar refractivity (Wildman–Crippen MR) is 56.4 cm³/mol. The zero-order valence-corrected chi connectivity index (χ0v) is 8.70. The average molecular weight is 216 g/mol. The fraction of sp³-hybridized carbons (Fsp3) is 0.400. The molecule has 1 nitrogen and oxygen atoms in total. The summed E-state index contributed by atoms with van der Waals surface area (Å²) in [4.78, 5) is 0. The van der Waals surface area contributed by atoms with Crippen molar-refractivity contribution < 1.29 is 0 Å². The molecular weight excluding hydrogens is 205 g/mol. The first-order chi connectivity index (χ1) is 6.19. The molecule has 0 aromatic heterocycles. The van der Waals surface area contributed by atoms with Crippen LogP contribution >= 0.6 is 23.2 Å². The molecule has 0 saturated heterocycles. The summed E-state index contributed by atoms with van der Waals surface area (Å²) in [6.07, 6.45) is 2.26. The molecule has 0 atom stereocenters. The van der Waals surface area contributed by atoms with Gasteiger partial charge >= 0.3 is 0 Å². The molecule has 1 aromatic rings. The third kappa shape index (κ3) is 1.45. The van der Waals surface area contributed by atoms with Crippen LogP contribution in [-0.4, -0.2) is 6.54 Å². The van der Waals surface area contributed by atoms with Crippen LogP contribution in [0.15, 0.2) is 18.2 Å². The third-order valence-electron chi connectivity index (χ3n) is 2.77. The maximum absolute atomic E-state index is 6.11. The van der Waals surface area contributed by atoms with E-state index >= 15 is 0 Å². The Morgan fingerprint density at radius 1 is 1.31 bits per heavy atom. The van der Waals surface area contributed by atoms with Crippen molar-refractivity contribution in [2.24, 2.45) is 5.73 Å². The van der Waals surface area contributed by atoms with Crippen LogP contribution in [0, 0.1) is 0 Å². The summed E-state index contributed by atoms with van der Waals surface area (Å²) in [7, 11) is 0. The standard InChI is InChI=1S/C10H11Cl2N/c11-8-3-1-2-7(9(8)12)10(6-13)4-5-10/h1-3H,4-6,13H2. The number of benzene rings is 1. The van der Waals surface area contributed by atoms with Gasteiger partial charge in [0.05, 0.1) is 10.0 Å². The molecule has 1 fully saturated rings. The Labute approximate surface area is 87.8 Å². The summed E-state index contributed by atoms with van der Waals surface area (Å²) in [5, 5.41) is 1.30. The first kappa shape index (κ1) is 9.32. The Kier molecular flexibility index (Phi) is 2.26. The smallest absolute Gasteiger partial charge is 0.0630 e. The van der Waals surface area contributed by atoms with Gasteiger partial charge < -0.3 is 5.73 Å². The summed E-state index contributed by atoms with van der Waals surface area (Å²) in [6, 6.07) is 5.76. The van der Waals surface area contributed by atoms with E-state index in [1.165, 1.54) is 0 Å².